The van der Waals surface area contributed by atoms with Gasteiger partial charge in [-0.3, -0.25) is 0 Å². The maximum atomic E-state index is 13.4. The van der Waals surface area contributed by atoms with E-state index in [4.69, 9.17) is 9.47 Å². The molecule has 2 saturated carbocycles. The molecular formula is C38H52ClN5O7S. The second-order valence-corrected chi connectivity index (χ2v) is 18.1. The fourth-order valence-corrected chi connectivity index (χ4v) is 8.28. The van der Waals surface area contributed by atoms with Crippen LogP contribution in [0.2, 0.25) is 0 Å². The predicted molar refractivity (Wildman–Crippen MR) is 203 cm³/mol. The lowest BCUT2D eigenvalue weighted by Gasteiger charge is -2.58. The number of carbonyl (C=O) groups is 2. The third-order valence-corrected chi connectivity index (χ3v) is 10.6. The van der Waals surface area contributed by atoms with Gasteiger partial charge in [-0.15, -0.1) is 12.4 Å². The van der Waals surface area contributed by atoms with Crippen molar-refractivity contribution in [1.29, 1.82) is 0 Å². The number of hydrogen-bond donors (Lipinski definition) is 4. The van der Waals surface area contributed by atoms with E-state index in [1.165, 1.54) is 18.2 Å². The topological polar surface area (TPSA) is 169 Å². The standard InChI is InChI=1S/C38H51N5O7S.ClH/c1-23-11-9-12-24(2)32(23)30-16-31(42-34(41-30)43-51(47,48)29-14-10-13-25(15-29)33(44)45)49-22-28(17-36(3,4)5)39-26-18-38(19-26)20-27(21-38)40-35(46)50-37(6,7)8;/h9-16,26-28,39H,17-22H2,1-8H3,(H,40,46)(H,44,45)(H,41,42,43);1H/t26?,27?,28-,38?;/m1./s1. The molecule has 1 amide bonds. The van der Waals surface area contributed by atoms with E-state index in [9.17, 15) is 23.1 Å². The number of benzene rings is 2. The fourth-order valence-electron chi connectivity index (χ4n) is 7.29. The van der Waals surface area contributed by atoms with E-state index in [2.05, 4.69) is 46.1 Å². The summed E-state index contributed by atoms with van der Waals surface area (Å²) < 4.78 is 41.0. The van der Waals surface area contributed by atoms with Crippen molar-refractivity contribution in [3.05, 3.63) is 65.2 Å². The van der Waals surface area contributed by atoms with Gasteiger partial charge in [-0.2, -0.15) is 4.98 Å². The van der Waals surface area contributed by atoms with Crippen molar-refractivity contribution >= 4 is 40.4 Å². The van der Waals surface area contributed by atoms with Crippen molar-refractivity contribution in [2.75, 3.05) is 11.3 Å². The maximum absolute atomic E-state index is 13.4. The predicted octanol–water partition coefficient (Wildman–Crippen LogP) is 7.29. The van der Waals surface area contributed by atoms with Gasteiger partial charge in [-0.25, -0.2) is 27.7 Å². The van der Waals surface area contributed by atoms with E-state index < -0.39 is 21.6 Å². The van der Waals surface area contributed by atoms with E-state index in [0.29, 0.717) is 18.3 Å². The molecule has 5 rings (SSSR count). The highest BCUT2D eigenvalue weighted by Crippen LogP contribution is 2.56. The summed E-state index contributed by atoms with van der Waals surface area (Å²) in [6, 6.07) is 13.1. The second-order valence-electron chi connectivity index (χ2n) is 16.4. The van der Waals surface area contributed by atoms with Gasteiger partial charge in [0.25, 0.3) is 10.0 Å². The first kappa shape index (κ1) is 40.8. The van der Waals surface area contributed by atoms with Crippen LogP contribution in [0.3, 0.4) is 0 Å². The quantitative estimate of drug-likeness (QED) is 0.147. The molecule has 52 heavy (non-hydrogen) atoms. The van der Waals surface area contributed by atoms with Crippen LogP contribution in [0.25, 0.3) is 11.3 Å². The van der Waals surface area contributed by atoms with E-state index in [0.717, 1.165) is 54.9 Å². The van der Waals surface area contributed by atoms with E-state index >= 15 is 0 Å². The highest BCUT2D eigenvalue weighted by molar-refractivity contribution is 7.92. The molecular weight excluding hydrogens is 706 g/mol. The molecule has 1 atom stereocenters. The van der Waals surface area contributed by atoms with Crippen molar-refractivity contribution in [3.8, 4) is 17.1 Å². The molecule has 14 heteroatoms. The third-order valence-electron chi connectivity index (χ3n) is 9.26. The summed E-state index contributed by atoms with van der Waals surface area (Å²) in [5.41, 5.74) is 2.78. The number of aryl methyl sites for hydroxylation is 2. The number of amides is 1. The van der Waals surface area contributed by atoms with Crippen LogP contribution >= 0.6 is 12.4 Å². The lowest BCUT2D eigenvalue weighted by Crippen LogP contribution is -2.62. The van der Waals surface area contributed by atoms with Crippen molar-refractivity contribution in [2.45, 2.75) is 116 Å². The van der Waals surface area contributed by atoms with Gasteiger partial charge in [-0.05, 0) is 107 Å². The summed E-state index contributed by atoms with van der Waals surface area (Å²) in [5.74, 6) is -1.22. The van der Waals surface area contributed by atoms with E-state index in [1.807, 2.05) is 52.8 Å². The van der Waals surface area contributed by atoms with Gasteiger partial charge in [0.2, 0.25) is 11.8 Å². The number of carbonyl (C=O) groups excluding carboxylic acids is 1. The molecule has 4 N–H and O–H groups in total. The molecule has 284 valence electrons. The number of carboxylic acid groups (broad SMARTS) is 1. The van der Waals surface area contributed by atoms with Gasteiger partial charge in [0.1, 0.15) is 12.2 Å². The zero-order valence-electron chi connectivity index (χ0n) is 31.2. The van der Waals surface area contributed by atoms with Crippen LogP contribution in [0.1, 0.15) is 95.1 Å². The van der Waals surface area contributed by atoms with Gasteiger partial charge in [-0.1, -0.05) is 45.0 Å². The molecule has 0 bridgehead atoms. The molecule has 1 spiro atoms. The number of carboxylic acids is 1. The maximum Gasteiger partial charge on any atom is 0.407 e. The average Bonchev–Trinajstić information content (AvgIpc) is 2.95. The Balaban J connectivity index is 0.00000605. The number of ether oxygens (including phenoxy) is 2. The Hall–Kier alpha value is -3.94. The molecule has 2 aliphatic carbocycles. The van der Waals surface area contributed by atoms with Crippen LogP contribution < -0.4 is 20.1 Å². The molecule has 0 unspecified atom stereocenters. The summed E-state index contributed by atoms with van der Waals surface area (Å²) in [4.78, 5) is 32.5. The number of hydrogen-bond acceptors (Lipinski definition) is 9. The summed E-state index contributed by atoms with van der Waals surface area (Å²) in [7, 11) is -4.24. The summed E-state index contributed by atoms with van der Waals surface area (Å²) in [5, 5.41) is 16.2. The number of halogens is 1. The molecule has 0 saturated heterocycles. The van der Waals surface area contributed by atoms with Gasteiger partial charge in [0.15, 0.2) is 0 Å². The zero-order valence-corrected chi connectivity index (χ0v) is 32.8. The smallest absolute Gasteiger partial charge is 0.407 e. The molecule has 0 aliphatic heterocycles. The van der Waals surface area contributed by atoms with E-state index in [1.54, 1.807) is 6.07 Å². The Morgan fingerprint density at radius 3 is 2.15 bits per heavy atom. The zero-order chi connectivity index (χ0) is 37.4. The second kappa shape index (κ2) is 15.6. The Morgan fingerprint density at radius 1 is 0.942 bits per heavy atom. The number of aromatic nitrogens is 2. The molecule has 1 aromatic heterocycles. The summed E-state index contributed by atoms with van der Waals surface area (Å²) in [6.07, 6.45) is 4.36. The molecule has 12 nitrogen and oxygen atoms in total. The largest absolute Gasteiger partial charge is 0.478 e. The minimum atomic E-state index is -4.24. The van der Waals surface area contributed by atoms with Crippen LogP contribution in [0, 0.1) is 24.7 Å². The molecule has 0 radical (unpaired) electrons. The number of rotatable bonds is 12. The number of alkyl carbamates (subject to hydrolysis) is 1. The first-order chi connectivity index (χ1) is 23.7. The van der Waals surface area contributed by atoms with Crippen LogP contribution in [0.5, 0.6) is 5.88 Å². The molecule has 2 aromatic carbocycles. The minimum absolute atomic E-state index is 0. The number of nitrogens with zero attached hydrogens (tertiary/aromatic N) is 2. The van der Waals surface area contributed by atoms with Gasteiger partial charge in [0.05, 0.1) is 16.2 Å². The Kier molecular flexibility index (Phi) is 12.2. The normalized spacial score (nSPS) is 20.5. The monoisotopic (exact) mass is 757 g/mol. The minimum Gasteiger partial charge on any atom is -0.478 e. The van der Waals surface area contributed by atoms with E-state index in [-0.39, 0.29) is 63.7 Å². The van der Waals surface area contributed by atoms with Crippen molar-refractivity contribution < 1.29 is 32.6 Å². The summed E-state index contributed by atoms with van der Waals surface area (Å²) >= 11 is 0. The van der Waals surface area contributed by atoms with Crippen LogP contribution in [-0.2, 0) is 14.8 Å². The Bertz CT molecular complexity index is 1860. The van der Waals surface area contributed by atoms with Crippen LogP contribution in [0.15, 0.2) is 53.4 Å². The lowest BCUT2D eigenvalue weighted by atomic mass is 9.52. The Morgan fingerprint density at radius 2 is 1.56 bits per heavy atom. The number of sulfonamides is 1. The van der Waals surface area contributed by atoms with Gasteiger partial charge in [0, 0.05) is 29.8 Å². The highest BCUT2D eigenvalue weighted by Gasteiger charge is 2.53. The molecule has 2 aliphatic rings. The van der Waals surface area contributed by atoms with Crippen LogP contribution in [-0.4, -0.2) is 65.9 Å². The molecule has 1 heterocycles. The van der Waals surface area contributed by atoms with Crippen molar-refractivity contribution in [3.63, 3.8) is 0 Å². The van der Waals surface area contributed by atoms with Crippen molar-refractivity contribution in [1.82, 2.24) is 20.6 Å². The number of anilines is 1. The van der Waals surface area contributed by atoms with Gasteiger partial charge >= 0.3 is 12.1 Å². The number of aromatic carboxylic acids is 1. The lowest BCUT2D eigenvalue weighted by molar-refractivity contribution is -0.0382. The number of nitrogens with one attached hydrogen (secondary N) is 3. The highest BCUT2D eigenvalue weighted by atomic mass is 35.5. The fraction of sp³-hybridized carbons (Fsp3) is 0.526. The van der Waals surface area contributed by atoms with Crippen molar-refractivity contribution in [2.24, 2.45) is 10.8 Å². The third kappa shape index (κ3) is 10.6. The first-order valence-electron chi connectivity index (χ1n) is 17.4. The average molecular weight is 758 g/mol. The summed E-state index contributed by atoms with van der Waals surface area (Å²) in [6.45, 7) is 16.3. The Labute approximate surface area is 313 Å². The molecule has 2 fully saturated rings. The SMILES string of the molecule is Cc1cccc(C)c1-c1cc(OC[C@@H](CC(C)(C)C)NC2CC3(CC(NC(=O)OC(C)(C)C)C3)C2)nc(NS(=O)(=O)c2cccc(C(=O)O)c2)n1.Cl. The van der Waals surface area contributed by atoms with Crippen LogP contribution in [0.4, 0.5) is 10.7 Å². The first-order valence-corrected chi connectivity index (χ1v) is 18.9. The molecule has 3 aromatic rings. The van der Waals surface area contributed by atoms with Gasteiger partial charge < -0.3 is 25.2 Å².